The molecule has 0 bridgehead atoms. The number of carboxylic acid groups (broad SMARTS) is 1. The third-order valence-corrected chi connectivity index (χ3v) is 3.91. The van der Waals surface area contributed by atoms with Crippen molar-refractivity contribution in [2.75, 3.05) is 5.32 Å². The molecule has 20 heavy (non-hydrogen) atoms. The second kappa shape index (κ2) is 7.62. The molecule has 0 aliphatic heterocycles. The topological polar surface area (TPSA) is 49.3 Å². The Balaban J connectivity index is 2.69. The first-order valence-corrected chi connectivity index (χ1v) is 7.60. The molecule has 0 saturated carbocycles. The summed E-state index contributed by atoms with van der Waals surface area (Å²) in [5.41, 5.74) is 0.263. The Morgan fingerprint density at radius 2 is 2.00 bits per heavy atom. The third kappa shape index (κ3) is 4.78. The fourth-order valence-corrected chi connectivity index (χ4v) is 2.51. The van der Waals surface area contributed by atoms with Crippen LogP contribution in [0.3, 0.4) is 0 Å². The van der Waals surface area contributed by atoms with E-state index in [1.807, 2.05) is 6.92 Å². The van der Waals surface area contributed by atoms with Gasteiger partial charge in [0.15, 0.2) is 5.82 Å². The molecule has 2 N–H and O–H groups in total. The van der Waals surface area contributed by atoms with Crippen molar-refractivity contribution < 1.29 is 14.3 Å². The SMILES string of the molecule is CC(C)CCCC(C)Nc1ccc(C(=O)O)c(Br)c1F. The maximum Gasteiger partial charge on any atom is 0.336 e. The quantitative estimate of drug-likeness (QED) is 0.737. The number of carbonyl (C=O) groups is 1. The Kier molecular flexibility index (Phi) is 6.46. The summed E-state index contributed by atoms with van der Waals surface area (Å²) in [4.78, 5) is 10.9. The van der Waals surface area contributed by atoms with Gasteiger partial charge in [0, 0.05) is 6.04 Å². The molecule has 1 atom stereocenters. The van der Waals surface area contributed by atoms with E-state index in [9.17, 15) is 9.18 Å². The van der Waals surface area contributed by atoms with Crippen LogP contribution in [0.4, 0.5) is 10.1 Å². The van der Waals surface area contributed by atoms with Crippen LogP contribution in [0.15, 0.2) is 16.6 Å². The number of aromatic carboxylic acids is 1. The van der Waals surface area contributed by atoms with E-state index in [4.69, 9.17) is 5.11 Å². The molecule has 0 radical (unpaired) electrons. The van der Waals surface area contributed by atoms with E-state index in [1.165, 1.54) is 12.1 Å². The summed E-state index contributed by atoms with van der Waals surface area (Å²) < 4.78 is 14.1. The molecular formula is C15H21BrFNO2. The second-order valence-corrected chi connectivity index (χ2v) is 6.26. The van der Waals surface area contributed by atoms with E-state index >= 15 is 0 Å². The fourth-order valence-electron chi connectivity index (χ4n) is 2.00. The van der Waals surface area contributed by atoms with Crippen LogP contribution in [0, 0.1) is 11.7 Å². The maximum absolute atomic E-state index is 14.1. The fraction of sp³-hybridized carbons (Fsp3) is 0.533. The highest BCUT2D eigenvalue weighted by molar-refractivity contribution is 9.10. The van der Waals surface area contributed by atoms with Gasteiger partial charge in [-0.3, -0.25) is 0 Å². The van der Waals surface area contributed by atoms with Gasteiger partial charge in [-0.1, -0.05) is 26.7 Å². The number of carboxylic acids is 1. The predicted octanol–water partition coefficient (Wildman–Crippen LogP) is 4.91. The van der Waals surface area contributed by atoms with Crippen molar-refractivity contribution in [2.24, 2.45) is 5.92 Å². The minimum absolute atomic E-state index is 0.00983. The van der Waals surface area contributed by atoms with Crippen molar-refractivity contribution in [1.82, 2.24) is 0 Å². The summed E-state index contributed by atoms with van der Waals surface area (Å²) in [6.07, 6.45) is 3.19. The van der Waals surface area contributed by atoms with E-state index in [0.29, 0.717) is 11.6 Å². The van der Waals surface area contributed by atoms with Gasteiger partial charge in [0.05, 0.1) is 15.7 Å². The molecule has 0 aliphatic carbocycles. The van der Waals surface area contributed by atoms with Gasteiger partial charge >= 0.3 is 5.97 Å². The van der Waals surface area contributed by atoms with Gasteiger partial charge in [-0.05, 0) is 47.3 Å². The van der Waals surface area contributed by atoms with Gasteiger partial charge < -0.3 is 10.4 Å². The Bertz CT molecular complexity index is 477. The maximum atomic E-state index is 14.1. The van der Waals surface area contributed by atoms with Gasteiger partial charge in [0.25, 0.3) is 0 Å². The average Bonchev–Trinajstić information content (AvgIpc) is 2.34. The number of hydrogen-bond donors (Lipinski definition) is 2. The van der Waals surface area contributed by atoms with E-state index in [2.05, 4.69) is 35.1 Å². The zero-order valence-electron chi connectivity index (χ0n) is 12.0. The number of hydrogen-bond acceptors (Lipinski definition) is 2. The zero-order chi connectivity index (χ0) is 15.3. The van der Waals surface area contributed by atoms with Gasteiger partial charge in [0.1, 0.15) is 0 Å². The molecule has 0 fully saturated rings. The molecule has 5 heteroatoms. The molecule has 1 aromatic rings. The molecule has 0 amide bonds. The van der Waals surface area contributed by atoms with Crippen LogP contribution in [-0.4, -0.2) is 17.1 Å². The standard InChI is InChI=1S/C15H21BrFNO2/c1-9(2)5-4-6-10(3)18-12-8-7-11(15(19)20)13(16)14(12)17/h7-10,18H,4-6H2,1-3H3,(H,19,20). The number of anilines is 1. The number of nitrogens with one attached hydrogen (secondary N) is 1. The Hall–Kier alpha value is -1.10. The van der Waals surface area contributed by atoms with E-state index < -0.39 is 11.8 Å². The summed E-state index contributed by atoms with van der Waals surface area (Å²) >= 11 is 3.00. The lowest BCUT2D eigenvalue weighted by Crippen LogP contribution is -2.16. The first-order valence-electron chi connectivity index (χ1n) is 6.80. The molecule has 3 nitrogen and oxygen atoms in total. The van der Waals surface area contributed by atoms with Crippen LogP contribution in [0.1, 0.15) is 50.4 Å². The molecule has 0 saturated heterocycles. The van der Waals surface area contributed by atoms with Crippen LogP contribution < -0.4 is 5.32 Å². The third-order valence-electron chi connectivity index (χ3n) is 3.13. The second-order valence-electron chi connectivity index (χ2n) is 5.46. The molecule has 1 rings (SSSR count). The average molecular weight is 346 g/mol. The number of rotatable bonds is 7. The first-order chi connectivity index (χ1) is 9.32. The molecule has 1 aromatic carbocycles. The van der Waals surface area contributed by atoms with Crippen molar-refractivity contribution in [3.8, 4) is 0 Å². The summed E-state index contributed by atoms with van der Waals surface area (Å²) in [7, 11) is 0. The van der Waals surface area contributed by atoms with E-state index in [0.717, 1.165) is 19.3 Å². The number of halogens is 2. The van der Waals surface area contributed by atoms with E-state index in [1.54, 1.807) is 0 Å². The smallest absolute Gasteiger partial charge is 0.336 e. The van der Waals surface area contributed by atoms with Gasteiger partial charge in [0.2, 0.25) is 0 Å². The predicted molar refractivity (Wildman–Crippen MR) is 82.8 cm³/mol. The highest BCUT2D eigenvalue weighted by Gasteiger charge is 2.16. The summed E-state index contributed by atoms with van der Waals surface area (Å²) in [5.74, 6) is -1.03. The van der Waals surface area contributed by atoms with Crippen molar-refractivity contribution in [3.05, 3.63) is 28.0 Å². The lowest BCUT2D eigenvalue weighted by atomic mass is 10.0. The Labute approximate surface area is 127 Å². The molecule has 0 heterocycles. The highest BCUT2D eigenvalue weighted by atomic mass is 79.9. The monoisotopic (exact) mass is 345 g/mol. The highest BCUT2D eigenvalue weighted by Crippen LogP contribution is 2.28. The molecule has 0 spiro atoms. The van der Waals surface area contributed by atoms with Crippen molar-refractivity contribution in [3.63, 3.8) is 0 Å². The van der Waals surface area contributed by atoms with E-state index in [-0.39, 0.29) is 16.1 Å². The molecule has 1 unspecified atom stereocenters. The largest absolute Gasteiger partial charge is 0.478 e. The summed E-state index contributed by atoms with van der Waals surface area (Å²) in [6.45, 7) is 6.36. The van der Waals surface area contributed by atoms with Gasteiger partial charge in [-0.2, -0.15) is 0 Å². The minimum Gasteiger partial charge on any atom is -0.478 e. The lowest BCUT2D eigenvalue weighted by molar-refractivity contribution is 0.0695. The van der Waals surface area contributed by atoms with Gasteiger partial charge in [-0.15, -0.1) is 0 Å². The van der Waals surface area contributed by atoms with Gasteiger partial charge in [-0.25, -0.2) is 9.18 Å². The van der Waals surface area contributed by atoms with Crippen LogP contribution >= 0.6 is 15.9 Å². The van der Waals surface area contributed by atoms with Crippen molar-refractivity contribution in [1.29, 1.82) is 0 Å². The van der Waals surface area contributed by atoms with Crippen LogP contribution in [0.25, 0.3) is 0 Å². The summed E-state index contributed by atoms with van der Waals surface area (Å²) in [6, 6.07) is 3.02. The normalized spacial score (nSPS) is 12.5. The molecule has 0 aromatic heterocycles. The van der Waals surface area contributed by atoms with Crippen molar-refractivity contribution >= 4 is 27.6 Å². The zero-order valence-corrected chi connectivity index (χ0v) is 13.6. The van der Waals surface area contributed by atoms with Crippen LogP contribution in [0.5, 0.6) is 0 Å². The molecular weight excluding hydrogens is 325 g/mol. The Morgan fingerprint density at radius 1 is 1.35 bits per heavy atom. The number of benzene rings is 1. The van der Waals surface area contributed by atoms with Crippen LogP contribution in [0.2, 0.25) is 0 Å². The Morgan fingerprint density at radius 3 is 2.55 bits per heavy atom. The molecule has 0 aliphatic rings. The van der Waals surface area contributed by atoms with Crippen LogP contribution in [-0.2, 0) is 0 Å². The lowest BCUT2D eigenvalue weighted by Gasteiger charge is -2.17. The first kappa shape index (κ1) is 17.0. The molecule has 112 valence electrons. The summed E-state index contributed by atoms with van der Waals surface area (Å²) in [5, 5.41) is 12.0. The minimum atomic E-state index is -1.15. The van der Waals surface area contributed by atoms with Crippen molar-refractivity contribution in [2.45, 2.75) is 46.1 Å².